The Morgan fingerprint density at radius 3 is 2.00 bits per heavy atom. The van der Waals surface area contributed by atoms with Gasteiger partial charge < -0.3 is 10.8 Å². The zero-order valence-electron chi connectivity index (χ0n) is 10.1. The number of alkyl halides is 7. The summed E-state index contributed by atoms with van der Waals surface area (Å²) < 4.78 is 76.9. The number of para-hydroxylation sites is 1. The minimum atomic E-state index is -5.99. The number of rotatable bonds is 3. The molecule has 0 fully saturated rings. The van der Waals surface area contributed by atoms with Crippen LogP contribution < -0.4 is 5.73 Å². The molecule has 3 N–H and O–H groups in total. The van der Waals surface area contributed by atoms with Crippen LogP contribution in [-0.4, -0.2) is 29.2 Å². The first-order chi connectivity index (χ1) is 9.45. The molecule has 10 heteroatoms. The van der Waals surface area contributed by atoms with Crippen molar-refractivity contribution in [2.24, 2.45) is 10.7 Å². The zero-order valence-corrected chi connectivity index (χ0v) is 10.9. The van der Waals surface area contributed by atoms with Crippen molar-refractivity contribution >= 4 is 23.1 Å². The van der Waals surface area contributed by atoms with E-state index in [0.717, 1.165) is 18.2 Å². The highest BCUT2D eigenvalue weighted by atomic mass is 35.5. The fraction of sp³-hybridized carbons (Fsp3) is 0.364. The van der Waals surface area contributed by atoms with E-state index in [9.17, 15) is 31.4 Å². The van der Waals surface area contributed by atoms with Crippen LogP contribution in [0.25, 0.3) is 0 Å². The van der Waals surface area contributed by atoms with E-state index >= 15 is 0 Å². The number of halogens is 7. The van der Waals surface area contributed by atoms with Gasteiger partial charge in [-0.25, -0.2) is 4.99 Å². The highest BCUT2D eigenvalue weighted by molar-refractivity contribution is 6.28. The molecule has 1 aromatic carbocycles. The first kappa shape index (κ1) is 17.6. The largest absolute Gasteiger partial charge is 0.430 e. The van der Waals surface area contributed by atoms with E-state index in [-0.39, 0.29) is 0 Å². The Labute approximate surface area is 120 Å². The van der Waals surface area contributed by atoms with Gasteiger partial charge in [-0.2, -0.15) is 26.3 Å². The number of aliphatic hydroxyl groups is 1. The summed E-state index contributed by atoms with van der Waals surface area (Å²) in [7, 11) is 0. The van der Waals surface area contributed by atoms with Gasteiger partial charge in [0.2, 0.25) is 0 Å². The van der Waals surface area contributed by atoms with Crippen molar-refractivity contribution in [3.63, 3.8) is 0 Å². The number of benzene rings is 1. The highest BCUT2D eigenvalue weighted by Crippen LogP contribution is 2.52. The van der Waals surface area contributed by atoms with Crippen LogP contribution in [0.5, 0.6) is 0 Å². The maximum Gasteiger partial charge on any atom is 0.430 e. The summed E-state index contributed by atoms with van der Waals surface area (Å²) in [6, 6.07) is 3.39. The molecule has 0 aliphatic carbocycles. The second-order valence-corrected chi connectivity index (χ2v) is 4.23. The van der Waals surface area contributed by atoms with Gasteiger partial charge in [0.1, 0.15) is 5.84 Å². The normalized spacial score (nSPS) is 14.4. The summed E-state index contributed by atoms with van der Waals surface area (Å²) in [4.78, 5) is 3.37. The number of nitrogens with zero attached hydrogens (tertiary/aromatic N) is 1. The van der Waals surface area contributed by atoms with E-state index < -0.39 is 40.9 Å². The van der Waals surface area contributed by atoms with Crippen LogP contribution in [0.15, 0.2) is 29.3 Å². The van der Waals surface area contributed by atoms with Crippen LogP contribution in [0.2, 0.25) is 0 Å². The van der Waals surface area contributed by atoms with Crippen molar-refractivity contribution in [3.8, 4) is 0 Å². The lowest BCUT2D eigenvalue weighted by Crippen LogP contribution is -2.54. The predicted octanol–water partition coefficient (Wildman–Crippen LogP) is 3.23. The molecule has 0 saturated carbocycles. The standard InChI is InChI=1S/C11H9ClF6N2O/c12-5-8(19)20-7-4-2-1-3-6(7)9(21,10(13,14)15)11(16,17)18/h1-4,21H,5H2,(H2,19,20). The fourth-order valence-corrected chi connectivity index (χ4v) is 1.59. The third-order valence-corrected chi connectivity index (χ3v) is 2.79. The lowest BCUT2D eigenvalue weighted by atomic mass is 9.91. The Bertz CT molecular complexity index is 526. The molecule has 0 unspecified atom stereocenters. The molecule has 0 saturated heterocycles. The van der Waals surface area contributed by atoms with E-state index in [1.807, 2.05) is 0 Å². The molecule has 0 amide bonds. The molecular weight excluding hydrogens is 326 g/mol. The van der Waals surface area contributed by atoms with Crippen molar-refractivity contribution in [3.05, 3.63) is 29.8 Å². The fourth-order valence-electron chi connectivity index (χ4n) is 1.53. The number of hydrogen-bond donors (Lipinski definition) is 2. The van der Waals surface area contributed by atoms with Gasteiger partial charge in [-0.05, 0) is 6.07 Å². The lowest BCUT2D eigenvalue weighted by molar-refractivity contribution is -0.376. The molecule has 0 aliphatic heterocycles. The van der Waals surface area contributed by atoms with Crippen molar-refractivity contribution in [2.45, 2.75) is 18.0 Å². The van der Waals surface area contributed by atoms with Crippen molar-refractivity contribution in [1.29, 1.82) is 0 Å². The predicted molar refractivity (Wildman–Crippen MR) is 64.5 cm³/mol. The summed E-state index contributed by atoms with van der Waals surface area (Å²) in [5, 5.41) is 9.33. The lowest BCUT2D eigenvalue weighted by Gasteiger charge is -2.33. The third kappa shape index (κ3) is 3.24. The van der Waals surface area contributed by atoms with Crippen molar-refractivity contribution in [1.82, 2.24) is 0 Å². The minimum Gasteiger partial charge on any atom is -0.386 e. The molecule has 0 bridgehead atoms. The number of amidine groups is 1. The Morgan fingerprint density at radius 2 is 1.57 bits per heavy atom. The second-order valence-electron chi connectivity index (χ2n) is 3.96. The molecule has 0 aliphatic rings. The SMILES string of the molecule is NC(CCl)=Nc1ccccc1C(O)(C(F)(F)F)C(F)(F)F. The number of aliphatic imine (C=N–C) groups is 1. The van der Waals surface area contributed by atoms with E-state index in [1.54, 1.807) is 0 Å². The summed E-state index contributed by atoms with van der Waals surface area (Å²) >= 11 is 5.29. The van der Waals surface area contributed by atoms with Crippen LogP contribution in [0.3, 0.4) is 0 Å². The molecule has 0 heterocycles. The van der Waals surface area contributed by atoms with Crippen molar-refractivity contribution < 1.29 is 31.4 Å². The molecule has 0 spiro atoms. The minimum absolute atomic E-state index is 0.393. The number of hydrogen-bond acceptors (Lipinski definition) is 2. The summed E-state index contributed by atoms with van der Waals surface area (Å²) in [5.41, 5.74) is -2.10. The zero-order chi connectivity index (χ0) is 16.5. The summed E-state index contributed by atoms with van der Waals surface area (Å²) in [6.45, 7) is 0. The molecule has 1 rings (SSSR count). The monoisotopic (exact) mass is 334 g/mol. The van der Waals surface area contributed by atoms with Crippen molar-refractivity contribution in [2.75, 3.05) is 5.88 Å². The third-order valence-electron chi connectivity index (χ3n) is 2.52. The highest BCUT2D eigenvalue weighted by Gasteiger charge is 2.72. The van der Waals surface area contributed by atoms with Gasteiger partial charge in [0.25, 0.3) is 5.60 Å². The van der Waals surface area contributed by atoms with Gasteiger partial charge in [0.05, 0.1) is 11.6 Å². The van der Waals surface area contributed by atoms with Gasteiger partial charge in [0.15, 0.2) is 0 Å². The van der Waals surface area contributed by atoms with Crippen LogP contribution in [-0.2, 0) is 5.60 Å². The topological polar surface area (TPSA) is 58.6 Å². The summed E-state index contributed by atoms with van der Waals surface area (Å²) in [6.07, 6.45) is -12.0. The molecule has 0 atom stereocenters. The maximum absolute atomic E-state index is 12.8. The molecule has 1 aromatic rings. The van der Waals surface area contributed by atoms with Gasteiger partial charge in [-0.3, -0.25) is 0 Å². The molecule has 118 valence electrons. The van der Waals surface area contributed by atoms with Crippen LogP contribution in [0, 0.1) is 0 Å². The Morgan fingerprint density at radius 1 is 1.10 bits per heavy atom. The molecule has 0 radical (unpaired) electrons. The average Bonchev–Trinajstić information content (AvgIpc) is 2.35. The number of nitrogens with two attached hydrogens (primary N) is 1. The maximum atomic E-state index is 12.8. The quantitative estimate of drug-likeness (QED) is 0.386. The van der Waals surface area contributed by atoms with E-state index in [2.05, 4.69) is 4.99 Å². The van der Waals surface area contributed by atoms with Gasteiger partial charge >= 0.3 is 12.4 Å². The Balaban J connectivity index is 3.63. The smallest absolute Gasteiger partial charge is 0.386 e. The second kappa shape index (κ2) is 5.72. The first-order valence-corrected chi connectivity index (χ1v) is 5.83. The van der Waals surface area contributed by atoms with Crippen LogP contribution in [0.4, 0.5) is 32.0 Å². The van der Waals surface area contributed by atoms with E-state index in [0.29, 0.717) is 6.07 Å². The van der Waals surface area contributed by atoms with Gasteiger partial charge in [-0.15, -0.1) is 11.6 Å². The Kier molecular flexibility index (Phi) is 4.79. The molecule has 0 aromatic heterocycles. The summed E-state index contributed by atoms with van der Waals surface area (Å²) in [5.74, 6) is -0.791. The molecular formula is C11H9ClF6N2O. The molecule has 21 heavy (non-hydrogen) atoms. The van der Waals surface area contributed by atoms with Gasteiger partial charge in [0, 0.05) is 5.56 Å². The van der Waals surface area contributed by atoms with Crippen LogP contribution in [0.1, 0.15) is 5.56 Å². The Hall–Kier alpha value is -1.48. The van der Waals surface area contributed by atoms with Gasteiger partial charge in [-0.1, -0.05) is 18.2 Å². The molecule has 3 nitrogen and oxygen atoms in total. The van der Waals surface area contributed by atoms with E-state index in [1.165, 1.54) is 0 Å². The first-order valence-electron chi connectivity index (χ1n) is 5.29. The van der Waals surface area contributed by atoms with E-state index in [4.69, 9.17) is 17.3 Å². The van der Waals surface area contributed by atoms with Crippen LogP contribution >= 0.6 is 11.6 Å². The average molecular weight is 335 g/mol.